The molecule has 0 amide bonds. The lowest BCUT2D eigenvalue weighted by Crippen LogP contribution is -2.13. The van der Waals surface area contributed by atoms with Gasteiger partial charge in [-0.15, -0.1) is 0 Å². The van der Waals surface area contributed by atoms with Gasteiger partial charge in [-0.1, -0.05) is 29.5 Å². The highest BCUT2D eigenvalue weighted by atomic mass is 32.1. The highest BCUT2D eigenvalue weighted by Crippen LogP contribution is 2.15. The minimum absolute atomic E-state index is 0.0287. The van der Waals surface area contributed by atoms with Gasteiger partial charge in [0.1, 0.15) is 5.75 Å². The van der Waals surface area contributed by atoms with Crippen LogP contribution >= 0.6 is 11.3 Å². The van der Waals surface area contributed by atoms with E-state index < -0.39 is 11.9 Å². The van der Waals surface area contributed by atoms with Gasteiger partial charge < -0.3 is 9.47 Å². The lowest BCUT2D eigenvalue weighted by molar-refractivity contribution is -0.140. The van der Waals surface area contributed by atoms with Crippen LogP contribution in [0.25, 0.3) is 0 Å². The number of thiazole rings is 1. The number of aromatic nitrogens is 1. The van der Waals surface area contributed by atoms with Gasteiger partial charge in [0.15, 0.2) is 0 Å². The molecule has 0 spiro atoms. The Labute approximate surface area is 113 Å². The molecule has 0 N–H and O–H groups in total. The summed E-state index contributed by atoms with van der Waals surface area (Å²) in [6, 6.07) is 8.69. The van der Waals surface area contributed by atoms with Crippen LogP contribution in [0.2, 0.25) is 0 Å². The number of esters is 2. The summed E-state index contributed by atoms with van der Waals surface area (Å²) >= 11 is 1.22. The first-order chi connectivity index (χ1) is 9.24. The summed E-state index contributed by atoms with van der Waals surface area (Å²) in [5.41, 5.74) is 0. The lowest BCUT2D eigenvalue weighted by atomic mass is 10.3. The molecule has 0 aliphatic heterocycles. The van der Waals surface area contributed by atoms with Gasteiger partial charge in [0.05, 0.1) is 12.8 Å². The third-order valence-electron chi connectivity index (χ3n) is 2.12. The van der Waals surface area contributed by atoms with Crippen LogP contribution in [0.15, 0.2) is 41.9 Å². The first-order valence-corrected chi connectivity index (χ1v) is 6.48. The molecule has 2 aromatic rings. The summed E-state index contributed by atoms with van der Waals surface area (Å²) in [5, 5.41) is 1.98. The fourth-order valence-corrected chi connectivity index (χ4v) is 1.79. The predicted octanol–water partition coefficient (Wildman–Crippen LogP) is 2.43. The topological polar surface area (TPSA) is 65.5 Å². The molecule has 0 bridgehead atoms. The number of carbonyl (C=O) groups excluding carboxylic acids is 2. The summed E-state index contributed by atoms with van der Waals surface area (Å²) in [7, 11) is 0. The Balaban J connectivity index is 1.73. The second-order valence-electron chi connectivity index (χ2n) is 3.56. The summed E-state index contributed by atoms with van der Waals surface area (Å²) in [6.07, 6.45) is 1.47. The third kappa shape index (κ3) is 4.51. The fraction of sp³-hybridized carbons (Fsp3) is 0.154. The van der Waals surface area contributed by atoms with Crippen molar-refractivity contribution in [3.05, 3.63) is 41.9 Å². The van der Waals surface area contributed by atoms with Crippen LogP contribution in [0.5, 0.6) is 10.9 Å². The second kappa shape index (κ2) is 6.65. The smallest absolute Gasteiger partial charge is 0.313 e. The number of benzene rings is 1. The molecular weight excluding hydrogens is 266 g/mol. The van der Waals surface area contributed by atoms with Crippen molar-refractivity contribution in [2.24, 2.45) is 0 Å². The average Bonchev–Trinajstić information content (AvgIpc) is 2.90. The highest BCUT2D eigenvalue weighted by molar-refractivity contribution is 7.11. The van der Waals surface area contributed by atoms with E-state index in [4.69, 9.17) is 9.47 Å². The minimum Gasteiger partial charge on any atom is -0.427 e. The summed E-state index contributed by atoms with van der Waals surface area (Å²) in [6.45, 7) is 0. The lowest BCUT2D eigenvalue weighted by Gasteiger charge is -2.03. The summed E-state index contributed by atoms with van der Waals surface area (Å²) in [4.78, 5) is 26.7. The Hall–Kier alpha value is -2.21. The molecule has 19 heavy (non-hydrogen) atoms. The molecule has 5 nitrogen and oxygen atoms in total. The molecule has 98 valence electrons. The van der Waals surface area contributed by atoms with Gasteiger partial charge >= 0.3 is 11.9 Å². The van der Waals surface area contributed by atoms with E-state index in [9.17, 15) is 9.59 Å². The highest BCUT2D eigenvalue weighted by Gasteiger charge is 2.11. The maximum Gasteiger partial charge on any atom is 0.313 e. The standard InChI is InChI=1S/C13H11NO4S/c15-11(17-10-4-2-1-3-5-10)6-7-12(16)18-13-14-8-9-19-13/h1-5,8-9H,6-7H2. The molecule has 0 aliphatic rings. The quantitative estimate of drug-likeness (QED) is 0.620. The van der Waals surface area contributed by atoms with Crippen molar-refractivity contribution in [3.8, 4) is 10.9 Å². The van der Waals surface area contributed by atoms with Gasteiger partial charge in [0.25, 0.3) is 5.19 Å². The van der Waals surface area contributed by atoms with E-state index in [1.165, 1.54) is 17.5 Å². The van der Waals surface area contributed by atoms with Crippen molar-refractivity contribution in [2.75, 3.05) is 0 Å². The van der Waals surface area contributed by atoms with Crippen LogP contribution in [0.4, 0.5) is 0 Å². The van der Waals surface area contributed by atoms with Crippen LogP contribution in [0.3, 0.4) is 0 Å². The maximum atomic E-state index is 11.5. The first-order valence-electron chi connectivity index (χ1n) is 5.60. The molecule has 1 heterocycles. The van der Waals surface area contributed by atoms with Crippen LogP contribution < -0.4 is 9.47 Å². The van der Waals surface area contributed by atoms with Crippen molar-refractivity contribution in [1.82, 2.24) is 4.98 Å². The Morgan fingerprint density at radius 3 is 2.37 bits per heavy atom. The Morgan fingerprint density at radius 2 is 1.74 bits per heavy atom. The predicted molar refractivity (Wildman–Crippen MR) is 69.1 cm³/mol. The minimum atomic E-state index is -0.500. The number of rotatable bonds is 5. The SMILES string of the molecule is O=C(CCC(=O)Oc1nccs1)Oc1ccccc1. The zero-order valence-corrected chi connectivity index (χ0v) is 10.8. The number of para-hydroxylation sites is 1. The molecule has 0 fully saturated rings. The van der Waals surface area contributed by atoms with Gasteiger partial charge in [0.2, 0.25) is 0 Å². The van der Waals surface area contributed by atoms with Gasteiger partial charge in [-0.05, 0) is 12.1 Å². The van der Waals surface area contributed by atoms with Crippen molar-refractivity contribution in [3.63, 3.8) is 0 Å². The molecule has 0 aliphatic carbocycles. The molecule has 0 saturated carbocycles. The number of nitrogens with zero attached hydrogens (tertiary/aromatic N) is 1. The van der Waals surface area contributed by atoms with Gasteiger partial charge in [-0.25, -0.2) is 4.98 Å². The van der Waals surface area contributed by atoms with E-state index in [0.717, 1.165) is 0 Å². The monoisotopic (exact) mass is 277 g/mol. The van der Waals surface area contributed by atoms with Crippen LogP contribution in [-0.4, -0.2) is 16.9 Å². The Bertz CT molecular complexity index is 539. The van der Waals surface area contributed by atoms with Crippen LogP contribution in [0, 0.1) is 0 Å². The molecule has 0 unspecified atom stereocenters. The molecule has 2 rings (SSSR count). The van der Waals surface area contributed by atoms with E-state index in [1.807, 2.05) is 6.07 Å². The molecule has 0 saturated heterocycles. The molecule has 6 heteroatoms. The maximum absolute atomic E-state index is 11.5. The van der Waals surface area contributed by atoms with E-state index in [0.29, 0.717) is 5.75 Å². The number of carbonyl (C=O) groups is 2. The van der Waals surface area contributed by atoms with E-state index in [2.05, 4.69) is 4.98 Å². The molecule has 0 atom stereocenters. The number of ether oxygens (including phenoxy) is 2. The first kappa shape index (κ1) is 13.2. The zero-order valence-electron chi connectivity index (χ0n) is 9.94. The van der Waals surface area contributed by atoms with Crippen LogP contribution in [0.1, 0.15) is 12.8 Å². The Morgan fingerprint density at radius 1 is 1.05 bits per heavy atom. The number of hydrogen-bond donors (Lipinski definition) is 0. The van der Waals surface area contributed by atoms with Gasteiger partial charge in [-0.2, -0.15) is 0 Å². The Kier molecular flexibility index (Phi) is 4.63. The zero-order chi connectivity index (χ0) is 13.5. The molecule has 0 radical (unpaired) electrons. The van der Waals surface area contributed by atoms with Gasteiger partial charge in [0, 0.05) is 11.6 Å². The van der Waals surface area contributed by atoms with Crippen LogP contribution in [-0.2, 0) is 9.59 Å². The molecular formula is C13H11NO4S. The fourth-order valence-electron chi connectivity index (χ4n) is 1.28. The second-order valence-corrected chi connectivity index (χ2v) is 4.42. The van der Waals surface area contributed by atoms with Gasteiger partial charge in [-0.3, -0.25) is 9.59 Å². The van der Waals surface area contributed by atoms with E-state index >= 15 is 0 Å². The third-order valence-corrected chi connectivity index (χ3v) is 2.77. The van der Waals surface area contributed by atoms with Crippen molar-refractivity contribution in [1.29, 1.82) is 0 Å². The summed E-state index contributed by atoms with van der Waals surface area (Å²) in [5.74, 6) is -0.511. The molecule has 1 aromatic carbocycles. The van der Waals surface area contributed by atoms with Crippen molar-refractivity contribution < 1.29 is 19.1 Å². The average molecular weight is 277 g/mol. The van der Waals surface area contributed by atoms with Crippen molar-refractivity contribution >= 4 is 23.3 Å². The van der Waals surface area contributed by atoms with E-state index in [1.54, 1.807) is 29.6 Å². The molecule has 1 aromatic heterocycles. The normalized spacial score (nSPS) is 9.89. The summed E-state index contributed by atoms with van der Waals surface area (Å²) < 4.78 is 9.96. The van der Waals surface area contributed by atoms with Crippen molar-refractivity contribution in [2.45, 2.75) is 12.8 Å². The van der Waals surface area contributed by atoms with E-state index in [-0.39, 0.29) is 18.0 Å². The number of hydrogen-bond acceptors (Lipinski definition) is 6. The largest absolute Gasteiger partial charge is 0.427 e.